The number of carbonyl (C=O) groups is 1. The molecule has 0 saturated carbocycles. The van der Waals surface area contributed by atoms with Gasteiger partial charge in [0, 0.05) is 29.9 Å². The Kier molecular flexibility index (Phi) is 5.11. The lowest BCUT2D eigenvalue weighted by Crippen LogP contribution is -2.26. The molecule has 26 heavy (non-hydrogen) atoms. The van der Waals surface area contributed by atoms with E-state index in [-0.39, 0.29) is 17.5 Å². The lowest BCUT2D eigenvalue weighted by molar-refractivity contribution is 0.0953. The van der Waals surface area contributed by atoms with Gasteiger partial charge in [-0.1, -0.05) is 19.1 Å². The second kappa shape index (κ2) is 7.47. The predicted octanol–water partition coefficient (Wildman–Crippen LogP) is 3.18. The molecule has 6 heteroatoms. The summed E-state index contributed by atoms with van der Waals surface area (Å²) in [7, 11) is 0. The number of hydrogen-bond donors (Lipinski definition) is 1. The lowest BCUT2D eigenvalue weighted by Gasteiger charge is -2.14. The van der Waals surface area contributed by atoms with Crippen LogP contribution < -0.4 is 10.9 Å². The average molecular weight is 350 g/mol. The van der Waals surface area contributed by atoms with Gasteiger partial charge in [-0.3, -0.25) is 14.2 Å². The fourth-order valence-electron chi connectivity index (χ4n) is 2.83. The van der Waals surface area contributed by atoms with Gasteiger partial charge in [0.05, 0.1) is 0 Å². The van der Waals surface area contributed by atoms with Gasteiger partial charge in [0.15, 0.2) is 5.65 Å². The molecule has 6 nitrogen and oxygen atoms in total. The number of hydrogen-bond acceptors (Lipinski definition) is 4. The highest BCUT2D eigenvalue weighted by molar-refractivity contribution is 5.94. The van der Waals surface area contributed by atoms with Gasteiger partial charge in [0.1, 0.15) is 11.2 Å². The number of rotatable bonds is 5. The molecule has 0 aliphatic carbocycles. The van der Waals surface area contributed by atoms with Crippen LogP contribution >= 0.6 is 0 Å². The summed E-state index contributed by atoms with van der Waals surface area (Å²) in [6.45, 7) is 6.53. The zero-order valence-electron chi connectivity index (χ0n) is 15.2. The van der Waals surface area contributed by atoms with Crippen molar-refractivity contribution in [3.63, 3.8) is 0 Å². The quantitative estimate of drug-likeness (QED) is 0.767. The number of carbonyl (C=O) groups excluding carboxylic acids is 1. The van der Waals surface area contributed by atoms with Crippen LogP contribution in [0.5, 0.6) is 0 Å². The van der Waals surface area contributed by atoms with E-state index in [1.54, 1.807) is 41.1 Å². The monoisotopic (exact) mass is 350 g/mol. The highest BCUT2D eigenvalue weighted by atomic mass is 16.1. The summed E-state index contributed by atoms with van der Waals surface area (Å²) >= 11 is 0. The Balaban J connectivity index is 2.07. The van der Waals surface area contributed by atoms with Crippen molar-refractivity contribution < 1.29 is 4.79 Å². The van der Waals surface area contributed by atoms with Crippen LogP contribution in [0.15, 0.2) is 47.4 Å². The van der Waals surface area contributed by atoms with E-state index < -0.39 is 0 Å². The largest absolute Gasteiger partial charge is 0.352 e. The Bertz CT molecular complexity index is 991. The minimum absolute atomic E-state index is 0.0410. The highest BCUT2D eigenvalue weighted by Crippen LogP contribution is 2.19. The fraction of sp³-hybridized carbons (Fsp3) is 0.300. The number of nitrogens with zero attached hydrogens (tertiary/aromatic N) is 3. The molecular formula is C20H22N4O2. The second-order valence-electron chi connectivity index (χ2n) is 6.41. The van der Waals surface area contributed by atoms with Crippen LogP contribution in [0.25, 0.3) is 22.4 Å². The SMILES string of the molecule is CCCNC(=O)c1ccc(-c2nc3cccnc3n(C(C)C)c2=O)cc1. The maximum absolute atomic E-state index is 13.0. The molecule has 0 spiro atoms. The Morgan fingerprint density at radius 3 is 2.58 bits per heavy atom. The second-order valence-corrected chi connectivity index (χ2v) is 6.41. The first-order valence-corrected chi connectivity index (χ1v) is 8.78. The molecule has 1 amide bonds. The third-order valence-electron chi connectivity index (χ3n) is 4.12. The minimum atomic E-state index is -0.186. The van der Waals surface area contributed by atoms with Gasteiger partial charge < -0.3 is 5.32 Å². The maximum Gasteiger partial charge on any atom is 0.278 e. The normalized spacial score (nSPS) is 11.1. The van der Waals surface area contributed by atoms with Crippen molar-refractivity contribution in [3.8, 4) is 11.3 Å². The Hall–Kier alpha value is -3.02. The topological polar surface area (TPSA) is 76.9 Å². The summed E-state index contributed by atoms with van der Waals surface area (Å²) in [5, 5.41) is 2.84. The number of pyridine rings is 1. The Morgan fingerprint density at radius 2 is 1.92 bits per heavy atom. The zero-order chi connectivity index (χ0) is 18.7. The summed E-state index contributed by atoms with van der Waals surface area (Å²) in [6.07, 6.45) is 2.54. The molecule has 0 aliphatic rings. The predicted molar refractivity (Wildman–Crippen MR) is 102 cm³/mol. The van der Waals surface area contributed by atoms with E-state index in [0.717, 1.165) is 6.42 Å². The molecule has 1 aromatic carbocycles. The van der Waals surface area contributed by atoms with E-state index in [4.69, 9.17) is 0 Å². The molecule has 2 aromatic heterocycles. The van der Waals surface area contributed by atoms with Gasteiger partial charge in [-0.15, -0.1) is 0 Å². The highest BCUT2D eigenvalue weighted by Gasteiger charge is 2.16. The van der Waals surface area contributed by atoms with Crippen LogP contribution in [0, 0.1) is 0 Å². The third kappa shape index (κ3) is 3.35. The van der Waals surface area contributed by atoms with Crippen molar-refractivity contribution in [1.29, 1.82) is 0 Å². The van der Waals surface area contributed by atoms with Crippen molar-refractivity contribution in [2.45, 2.75) is 33.2 Å². The number of benzene rings is 1. The van der Waals surface area contributed by atoms with Crippen molar-refractivity contribution in [2.24, 2.45) is 0 Å². The van der Waals surface area contributed by atoms with Crippen LogP contribution in [0.2, 0.25) is 0 Å². The van der Waals surface area contributed by atoms with E-state index in [2.05, 4.69) is 15.3 Å². The van der Waals surface area contributed by atoms with Gasteiger partial charge in [-0.25, -0.2) is 9.97 Å². The molecule has 0 aliphatic heterocycles. The van der Waals surface area contributed by atoms with E-state index >= 15 is 0 Å². The van der Waals surface area contributed by atoms with Crippen molar-refractivity contribution in [1.82, 2.24) is 19.9 Å². The van der Waals surface area contributed by atoms with Crippen LogP contribution in [0.1, 0.15) is 43.6 Å². The van der Waals surface area contributed by atoms with Crippen molar-refractivity contribution >= 4 is 17.1 Å². The Morgan fingerprint density at radius 1 is 1.19 bits per heavy atom. The van der Waals surface area contributed by atoms with E-state index in [1.807, 2.05) is 26.8 Å². The lowest BCUT2D eigenvalue weighted by atomic mass is 10.1. The summed E-state index contributed by atoms with van der Waals surface area (Å²) < 4.78 is 1.65. The van der Waals surface area contributed by atoms with Crippen molar-refractivity contribution in [3.05, 3.63) is 58.5 Å². The number of amides is 1. The molecule has 3 rings (SSSR count). The first-order valence-electron chi connectivity index (χ1n) is 8.78. The summed E-state index contributed by atoms with van der Waals surface area (Å²) in [4.78, 5) is 33.8. The number of fused-ring (bicyclic) bond motifs is 1. The van der Waals surface area contributed by atoms with E-state index in [9.17, 15) is 9.59 Å². The van der Waals surface area contributed by atoms with E-state index in [1.165, 1.54) is 0 Å². The smallest absolute Gasteiger partial charge is 0.278 e. The molecule has 0 bridgehead atoms. The van der Waals surface area contributed by atoms with Gasteiger partial charge in [-0.2, -0.15) is 0 Å². The van der Waals surface area contributed by atoms with Gasteiger partial charge in [0.2, 0.25) is 0 Å². The van der Waals surface area contributed by atoms with Gasteiger partial charge in [-0.05, 0) is 44.5 Å². The molecule has 2 heterocycles. The van der Waals surface area contributed by atoms with Crippen LogP contribution in [-0.2, 0) is 0 Å². The van der Waals surface area contributed by atoms with Crippen LogP contribution in [0.4, 0.5) is 0 Å². The first-order chi connectivity index (χ1) is 12.5. The molecule has 0 radical (unpaired) electrons. The Labute approximate surface area is 151 Å². The zero-order valence-corrected chi connectivity index (χ0v) is 15.2. The molecule has 0 atom stereocenters. The molecule has 0 fully saturated rings. The first kappa shape index (κ1) is 17.8. The van der Waals surface area contributed by atoms with Crippen molar-refractivity contribution in [2.75, 3.05) is 6.54 Å². The fourth-order valence-corrected chi connectivity index (χ4v) is 2.83. The molecule has 1 N–H and O–H groups in total. The standard InChI is InChI=1S/C20H22N4O2/c1-4-11-22-19(25)15-9-7-14(8-10-15)17-20(26)24(13(2)3)18-16(23-17)6-5-12-21-18/h5-10,12-13H,4,11H2,1-3H3,(H,22,25). The van der Waals surface area contributed by atoms with E-state index in [0.29, 0.717) is 34.5 Å². The third-order valence-corrected chi connectivity index (χ3v) is 4.12. The number of nitrogens with one attached hydrogen (secondary N) is 1. The maximum atomic E-state index is 13.0. The van der Waals surface area contributed by atoms with Gasteiger partial charge in [0.25, 0.3) is 11.5 Å². The molecular weight excluding hydrogens is 328 g/mol. The van der Waals surface area contributed by atoms with Crippen LogP contribution in [0.3, 0.4) is 0 Å². The molecule has 0 unspecified atom stereocenters. The van der Waals surface area contributed by atoms with Crippen LogP contribution in [-0.4, -0.2) is 27.0 Å². The summed E-state index contributed by atoms with van der Waals surface area (Å²) in [5.74, 6) is -0.117. The minimum Gasteiger partial charge on any atom is -0.352 e. The average Bonchev–Trinajstić information content (AvgIpc) is 2.65. The summed E-state index contributed by atoms with van der Waals surface area (Å²) in [6, 6.07) is 10.6. The van der Waals surface area contributed by atoms with Gasteiger partial charge >= 0.3 is 0 Å². The molecule has 3 aromatic rings. The molecule has 134 valence electrons. The number of aromatic nitrogens is 3. The molecule has 0 saturated heterocycles. The summed E-state index contributed by atoms with van der Waals surface area (Å²) in [5.41, 5.74) is 2.66.